The summed E-state index contributed by atoms with van der Waals surface area (Å²) in [6.45, 7) is 20.4. The molecule has 1 aromatic rings. The van der Waals surface area contributed by atoms with Gasteiger partial charge in [-0.1, -0.05) is 51.1 Å². The summed E-state index contributed by atoms with van der Waals surface area (Å²) in [5, 5.41) is 1.26. The zero-order valence-corrected chi connectivity index (χ0v) is 18.2. The fourth-order valence-electron chi connectivity index (χ4n) is 2.40. The Morgan fingerprint density at radius 1 is 0.714 bits per heavy atom. The van der Waals surface area contributed by atoms with E-state index in [2.05, 4.69) is 90.4 Å². The van der Waals surface area contributed by atoms with Crippen LogP contribution in [0.15, 0.2) is 30.3 Å². The van der Waals surface area contributed by atoms with E-state index >= 15 is 0 Å². The maximum atomic E-state index is 6.84. The third kappa shape index (κ3) is 5.18. The van der Waals surface area contributed by atoms with Gasteiger partial charge >= 0.3 is 8.56 Å². The Hall–Kier alpha value is -0.209. The van der Waals surface area contributed by atoms with Crippen LogP contribution in [0.5, 0.6) is 0 Å². The molecule has 0 aliphatic rings. The minimum absolute atomic E-state index is 0.00505. The van der Waals surface area contributed by atoms with Crippen LogP contribution in [-0.4, -0.2) is 25.2 Å². The molecule has 0 aromatic heterocycles. The molecule has 21 heavy (non-hydrogen) atoms. The first-order chi connectivity index (χ1) is 9.27. The zero-order valence-electron chi connectivity index (χ0n) is 15.2. The van der Waals surface area contributed by atoms with Crippen LogP contribution in [0.4, 0.5) is 0 Å². The van der Waals surface area contributed by atoms with Gasteiger partial charge in [0.1, 0.15) is 0 Å². The summed E-state index contributed by atoms with van der Waals surface area (Å²) >= 11 is 0. The van der Waals surface area contributed by atoms with Crippen molar-refractivity contribution in [2.24, 2.45) is 0 Å². The smallest absolute Gasteiger partial charge is 0.357 e. The van der Waals surface area contributed by atoms with Gasteiger partial charge in [0.25, 0.3) is 0 Å². The lowest BCUT2D eigenvalue weighted by Crippen LogP contribution is -2.67. The second-order valence-electron chi connectivity index (χ2n) is 8.66. The van der Waals surface area contributed by atoms with Crippen LogP contribution in [0.1, 0.15) is 20.8 Å². The molecule has 0 aliphatic carbocycles. The third-order valence-electron chi connectivity index (χ3n) is 3.04. The lowest BCUT2D eigenvalue weighted by Gasteiger charge is -2.48. The van der Waals surface area contributed by atoms with Crippen LogP contribution in [0.25, 0.3) is 0 Å². The quantitative estimate of drug-likeness (QED) is 0.714. The molecule has 5 heteroatoms. The van der Waals surface area contributed by atoms with Gasteiger partial charge in [0.15, 0.2) is 16.6 Å². The molecule has 2 nitrogen and oxygen atoms in total. The van der Waals surface area contributed by atoms with Crippen molar-refractivity contribution in [3.8, 4) is 0 Å². The van der Waals surface area contributed by atoms with Crippen molar-refractivity contribution in [1.82, 2.24) is 0 Å². The first-order valence-corrected chi connectivity index (χ1v) is 16.4. The third-order valence-corrected chi connectivity index (χ3v) is 13.3. The van der Waals surface area contributed by atoms with Gasteiger partial charge in [0.05, 0.1) is 0 Å². The fraction of sp³-hybridized carbons (Fsp3) is 0.625. The molecule has 0 spiro atoms. The minimum Gasteiger partial charge on any atom is -0.433 e. The first-order valence-electron chi connectivity index (χ1n) is 7.73. The fourth-order valence-corrected chi connectivity index (χ4v) is 14.7. The Morgan fingerprint density at radius 3 is 1.38 bits per heavy atom. The van der Waals surface area contributed by atoms with Gasteiger partial charge in [0.2, 0.25) is 0 Å². The van der Waals surface area contributed by atoms with E-state index in [4.69, 9.17) is 8.23 Å². The predicted octanol–water partition coefficient (Wildman–Crippen LogP) is 4.84. The van der Waals surface area contributed by atoms with Crippen molar-refractivity contribution >= 4 is 30.4 Å². The Labute approximate surface area is 134 Å². The van der Waals surface area contributed by atoms with E-state index in [1.54, 1.807) is 0 Å². The SMILES string of the molecule is CC(C)(C)[Si](O[Si](C)(C)C)(O[Si](C)(C)C)c1ccccc1. The molecule has 0 saturated heterocycles. The Kier molecular flexibility index (Phi) is 5.49. The van der Waals surface area contributed by atoms with Crippen LogP contribution in [0, 0.1) is 0 Å². The highest BCUT2D eigenvalue weighted by atomic mass is 28.5. The maximum absolute atomic E-state index is 6.84. The molecule has 0 saturated carbocycles. The molecule has 0 unspecified atom stereocenters. The van der Waals surface area contributed by atoms with E-state index in [1.165, 1.54) is 5.19 Å². The molecule has 0 bridgehead atoms. The molecule has 0 radical (unpaired) electrons. The van der Waals surface area contributed by atoms with Gasteiger partial charge in [-0.15, -0.1) is 0 Å². The second kappa shape index (κ2) is 6.12. The number of hydrogen-bond acceptors (Lipinski definition) is 2. The van der Waals surface area contributed by atoms with Crippen LogP contribution in [0.3, 0.4) is 0 Å². The topological polar surface area (TPSA) is 18.5 Å². The predicted molar refractivity (Wildman–Crippen MR) is 100 cm³/mol. The van der Waals surface area contributed by atoms with Crippen molar-refractivity contribution in [2.45, 2.75) is 65.1 Å². The lowest BCUT2D eigenvalue weighted by molar-refractivity contribution is 0.350. The van der Waals surface area contributed by atoms with Crippen molar-refractivity contribution < 1.29 is 8.23 Å². The molecule has 120 valence electrons. The van der Waals surface area contributed by atoms with Crippen molar-refractivity contribution in [1.29, 1.82) is 0 Å². The largest absolute Gasteiger partial charge is 0.433 e. The highest BCUT2D eigenvalue weighted by Crippen LogP contribution is 2.41. The van der Waals surface area contributed by atoms with Crippen LogP contribution in [0.2, 0.25) is 44.3 Å². The van der Waals surface area contributed by atoms with Crippen LogP contribution >= 0.6 is 0 Å². The van der Waals surface area contributed by atoms with E-state index in [0.29, 0.717) is 0 Å². The molecule has 1 aromatic carbocycles. The molecular formula is C16H32O2Si3. The second-order valence-corrected chi connectivity index (χ2v) is 22.1. The van der Waals surface area contributed by atoms with Gasteiger partial charge in [-0.2, -0.15) is 0 Å². The van der Waals surface area contributed by atoms with E-state index in [1.807, 2.05) is 0 Å². The average Bonchev–Trinajstić information content (AvgIpc) is 2.23. The lowest BCUT2D eigenvalue weighted by atomic mass is 10.2. The van der Waals surface area contributed by atoms with Gasteiger partial charge < -0.3 is 8.23 Å². The Balaban J connectivity index is 3.49. The van der Waals surface area contributed by atoms with E-state index in [0.717, 1.165) is 0 Å². The molecule has 1 rings (SSSR count). The summed E-state index contributed by atoms with van der Waals surface area (Å²) in [5.41, 5.74) is 0. The van der Waals surface area contributed by atoms with Crippen molar-refractivity contribution in [3.63, 3.8) is 0 Å². The normalized spacial score (nSPS) is 14.3. The summed E-state index contributed by atoms with van der Waals surface area (Å²) < 4.78 is 13.7. The molecule has 0 N–H and O–H groups in total. The van der Waals surface area contributed by atoms with Crippen molar-refractivity contribution in [2.75, 3.05) is 0 Å². The zero-order chi connectivity index (χ0) is 16.5. The maximum Gasteiger partial charge on any atom is 0.357 e. The average molecular weight is 341 g/mol. The molecule has 0 atom stereocenters. The van der Waals surface area contributed by atoms with Gasteiger partial charge in [0, 0.05) is 5.04 Å². The standard InChI is InChI=1S/C16H32O2Si3/c1-16(2,3)21(17-19(4,5)6,18-20(7,8)9)15-13-11-10-12-14-15/h10-14H,1-9H3. The molecule has 0 aliphatic heterocycles. The van der Waals surface area contributed by atoms with Gasteiger partial charge in [-0.25, -0.2) is 0 Å². The Bertz CT molecular complexity index is 437. The number of rotatable bonds is 5. The highest BCUT2D eigenvalue weighted by molar-refractivity contribution is 6.96. The first kappa shape index (κ1) is 18.8. The molecule has 0 heterocycles. The number of benzene rings is 1. The molecule has 0 amide bonds. The van der Waals surface area contributed by atoms with E-state index in [9.17, 15) is 0 Å². The van der Waals surface area contributed by atoms with Gasteiger partial charge in [-0.05, 0) is 44.5 Å². The monoisotopic (exact) mass is 340 g/mol. The number of hydrogen-bond donors (Lipinski definition) is 0. The highest BCUT2D eigenvalue weighted by Gasteiger charge is 2.54. The molecule has 0 fully saturated rings. The van der Waals surface area contributed by atoms with Crippen LogP contribution in [-0.2, 0) is 8.23 Å². The summed E-state index contributed by atoms with van der Waals surface area (Å²) in [6.07, 6.45) is 0. The van der Waals surface area contributed by atoms with E-state index < -0.39 is 25.2 Å². The van der Waals surface area contributed by atoms with Crippen molar-refractivity contribution in [3.05, 3.63) is 30.3 Å². The summed E-state index contributed by atoms with van der Waals surface area (Å²) in [5.74, 6) is 0. The minimum atomic E-state index is -2.52. The Morgan fingerprint density at radius 2 is 1.10 bits per heavy atom. The van der Waals surface area contributed by atoms with E-state index in [-0.39, 0.29) is 5.04 Å². The van der Waals surface area contributed by atoms with Crippen LogP contribution < -0.4 is 5.19 Å². The van der Waals surface area contributed by atoms with Gasteiger partial charge in [-0.3, -0.25) is 0 Å². The molecular weight excluding hydrogens is 308 g/mol. The summed E-state index contributed by atoms with van der Waals surface area (Å²) in [6, 6.07) is 10.7. The summed E-state index contributed by atoms with van der Waals surface area (Å²) in [7, 11) is -5.97. The summed E-state index contributed by atoms with van der Waals surface area (Å²) in [4.78, 5) is 0.